The van der Waals surface area contributed by atoms with Crippen molar-refractivity contribution in [2.75, 3.05) is 37.6 Å². The van der Waals surface area contributed by atoms with Crippen molar-refractivity contribution in [3.05, 3.63) is 10.8 Å². The Morgan fingerprint density at radius 1 is 1.16 bits per heavy atom. The molecule has 0 unspecified atom stereocenters. The van der Waals surface area contributed by atoms with Crippen LogP contribution in [0.2, 0.25) is 5.15 Å². The Kier molecular flexibility index (Phi) is 6.26. The Bertz CT molecular complexity index is 440. The largest absolute Gasteiger partial charge is 0.382 e. The van der Waals surface area contributed by atoms with Gasteiger partial charge in [0.15, 0.2) is 22.5 Å². The molecule has 1 aromatic heterocycles. The molecule has 0 aromatic carbocycles. The molecule has 0 radical (unpaired) electrons. The van der Waals surface area contributed by atoms with Crippen LogP contribution in [0.15, 0.2) is 0 Å². The fraction of sp³-hybridized carbons (Fsp3) is 0.500. The summed E-state index contributed by atoms with van der Waals surface area (Å²) in [4.78, 5) is 19.3. The highest BCUT2D eigenvalue weighted by Crippen LogP contribution is 2.16. The zero-order valence-electron chi connectivity index (χ0n) is 10.4. The van der Waals surface area contributed by atoms with Crippen molar-refractivity contribution in [2.24, 2.45) is 5.73 Å². The van der Waals surface area contributed by atoms with Crippen LogP contribution in [0.5, 0.6) is 0 Å². The van der Waals surface area contributed by atoms with Crippen LogP contribution in [0.25, 0.3) is 0 Å². The van der Waals surface area contributed by atoms with Crippen LogP contribution in [0.1, 0.15) is 16.9 Å². The number of halogens is 1. The van der Waals surface area contributed by atoms with E-state index in [2.05, 4.69) is 20.6 Å². The van der Waals surface area contributed by atoms with Gasteiger partial charge in [0.05, 0.1) is 0 Å². The Hall–Kier alpha value is -1.64. The molecule has 9 heteroatoms. The first-order chi connectivity index (χ1) is 9.06. The number of anilines is 2. The van der Waals surface area contributed by atoms with E-state index < -0.39 is 5.91 Å². The molecule has 0 aliphatic carbocycles. The zero-order chi connectivity index (χ0) is 14.3. The van der Waals surface area contributed by atoms with Gasteiger partial charge in [-0.05, 0) is 19.5 Å². The molecule has 0 aliphatic rings. The second-order valence-electron chi connectivity index (χ2n) is 3.78. The number of nitrogens with zero attached hydrogens (tertiary/aromatic N) is 2. The number of carbonyl (C=O) groups is 1. The average molecular weight is 288 g/mol. The lowest BCUT2D eigenvalue weighted by atomic mass is 10.3. The molecule has 19 heavy (non-hydrogen) atoms. The highest BCUT2D eigenvalue weighted by atomic mass is 35.5. The fourth-order valence-electron chi connectivity index (χ4n) is 1.31. The van der Waals surface area contributed by atoms with Gasteiger partial charge in [-0.25, -0.2) is 9.97 Å². The van der Waals surface area contributed by atoms with E-state index in [4.69, 9.17) is 28.8 Å². The minimum Gasteiger partial charge on any atom is -0.382 e. The number of carbonyl (C=O) groups excluding carboxylic acids is 1. The minimum atomic E-state index is -0.437. The van der Waals surface area contributed by atoms with Crippen molar-refractivity contribution in [3.63, 3.8) is 0 Å². The maximum atomic E-state index is 11.8. The number of nitrogen functional groups attached to an aromatic ring is 2. The van der Waals surface area contributed by atoms with Crippen LogP contribution in [0, 0.1) is 0 Å². The van der Waals surface area contributed by atoms with Crippen LogP contribution >= 0.6 is 11.6 Å². The SMILES string of the molecule is NCCCNCCNC(=O)c1nc(Cl)c(N)nc1N. The van der Waals surface area contributed by atoms with E-state index in [0.29, 0.717) is 19.6 Å². The summed E-state index contributed by atoms with van der Waals surface area (Å²) < 4.78 is 0. The van der Waals surface area contributed by atoms with Gasteiger partial charge in [-0.3, -0.25) is 4.79 Å². The van der Waals surface area contributed by atoms with Gasteiger partial charge < -0.3 is 27.8 Å². The van der Waals surface area contributed by atoms with Crippen LogP contribution in [-0.2, 0) is 0 Å². The molecule has 0 atom stereocenters. The average Bonchev–Trinajstić information content (AvgIpc) is 2.37. The molecule has 1 aromatic rings. The summed E-state index contributed by atoms with van der Waals surface area (Å²) in [7, 11) is 0. The predicted octanol–water partition coefficient (Wildman–Crippen LogP) is -1.04. The summed E-state index contributed by atoms with van der Waals surface area (Å²) in [5, 5.41) is 5.73. The number of amides is 1. The number of rotatable bonds is 7. The molecule has 0 saturated carbocycles. The number of aromatic nitrogens is 2. The third-order valence-electron chi connectivity index (χ3n) is 2.26. The van der Waals surface area contributed by atoms with Crippen LogP contribution in [0.4, 0.5) is 11.6 Å². The third-order valence-corrected chi connectivity index (χ3v) is 2.54. The van der Waals surface area contributed by atoms with Crippen molar-refractivity contribution in [1.29, 1.82) is 0 Å². The second kappa shape index (κ2) is 7.72. The fourth-order valence-corrected chi connectivity index (χ4v) is 1.44. The summed E-state index contributed by atoms with van der Waals surface area (Å²) >= 11 is 5.69. The van der Waals surface area contributed by atoms with E-state index in [0.717, 1.165) is 13.0 Å². The Morgan fingerprint density at radius 3 is 2.58 bits per heavy atom. The molecule has 0 spiro atoms. The highest BCUT2D eigenvalue weighted by molar-refractivity contribution is 6.31. The van der Waals surface area contributed by atoms with Gasteiger partial charge in [0.1, 0.15) is 0 Å². The lowest BCUT2D eigenvalue weighted by molar-refractivity contribution is 0.0949. The monoisotopic (exact) mass is 287 g/mol. The van der Waals surface area contributed by atoms with Crippen molar-refractivity contribution < 1.29 is 4.79 Å². The maximum Gasteiger partial charge on any atom is 0.273 e. The zero-order valence-corrected chi connectivity index (χ0v) is 11.2. The summed E-state index contributed by atoms with van der Waals surface area (Å²) in [5.41, 5.74) is 16.3. The maximum absolute atomic E-state index is 11.8. The Labute approximate surface area is 116 Å². The van der Waals surface area contributed by atoms with Gasteiger partial charge in [0, 0.05) is 13.1 Å². The van der Waals surface area contributed by atoms with Gasteiger partial charge >= 0.3 is 0 Å². The van der Waals surface area contributed by atoms with Crippen molar-refractivity contribution >= 4 is 29.1 Å². The van der Waals surface area contributed by atoms with E-state index in [9.17, 15) is 4.79 Å². The van der Waals surface area contributed by atoms with E-state index in [1.807, 2.05) is 0 Å². The van der Waals surface area contributed by atoms with Crippen molar-refractivity contribution in [2.45, 2.75) is 6.42 Å². The molecular formula is C10H18ClN7O. The Balaban J connectivity index is 2.43. The van der Waals surface area contributed by atoms with Gasteiger partial charge in [0.2, 0.25) is 0 Å². The number of hydrogen-bond donors (Lipinski definition) is 5. The molecule has 0 saturated heterocycles. The lowest BCUT2D eigenvalue weighted by Gasteiger charge is -2.08. The van der Waals surface area contributed by atoms with Crippen molar-refractivity contribution in [3.8, 4) is 0 Å². The molecule has 0 fully saturated rings. The quantitative estimate of drug-likeness (QED) is 0.403. The first-order valence-corrected chi connectivity index (χ1v) is 6.21. The molecular weight excluding hydrogens is 270 g/mol. The summed E-state index contributed by atoms with van der Waals surface area (Å²) in [6.07, 6.45) is 0.889. The Morgan fingerprint density at radius 2 is 1.89 bits per heavy atom. The van der Waals surface area contributed by atoms with Gasteiger partial charge in [-0.2, -0.15) is 0 Å². The van der Waals surface area contributed by atoms with Crippen molar-refractivity contribution in [1.82, 2.24) is 20.6 Å². The molecule has 106 valence electrons. The number of nitrogens with one attached hydrogen (secondary N) is 2. The molecule has 1 rings (SSSR count). The van der Waals surface area contributed by atoms with Crippen LogP contribution < -0.4 is 27.8 Å². The third kappa shape index (κ3) is 4.86. The number of nitrogens with two attached hydrogens (primary N) is 3. The molecule has 8 nitrogen and oxygen atoms in total. The summed E-state index contributed by atoms with van der Waals surface area (Å²) in [6.45, 7) is 2.51. The van der Waals surface area contributed by atoms with E-state index in [-0.39, 0.29) is 22.5 Å². The predicted molar refractivity (Wildman–Crippen MR) is 74.7 cm³/mol. The molecule has 8 N–H and O–H groups in total. The molecule has 0 bridgehead atoms. The van der Waals surface area contributed by atoms with E-state index >= 15 is 0 Å². The molecule has 1 amide bonds. The van der Waals surface area contributed by atoms with E-state index in [1.165, 1.54) is 0 Å². The van der Waals surface area contributed by atoms with Gasteiger partial charge in [0.25, 0.3) is 5.91 Å². The number of hydrogen-bond acceptors (Lipinski definition) is 7. The molecule has 1 heterocycles. The standard InChI is InChI=1S/C10H18ClN7O/c11-7-9(14)18-8(13)6(17-7)10(19)16-5-4-15-3-1-2-12/h15H,1-5,12H2,(H,16,19)(H4,13,14,18). The normalized spacial score (nSPS) is 10.4. The topological polar surface area (TPSA) is 145 Å². The highest BCUT2D eigenvalue weighted by Gasteiger charge is 2.15. The minimum absolute atomic E-state index is 0.000770. The second-order valence-corrected chi connectivity index (χ2v) is 4.14. The summed E-state index contributed by atoms with van der Waals surface area (Å²) in [6, 6.07) is 0. The van der Waals surface area contributed by atoms with Crippen LogP contribution in [-0.4, -0.2) is 42.1 Å². The van der Waals surface area contributed by atoms with Crippen LogP contribution in [0.3, 0.4) is 0 Å². The van der Waals surface area contributed by atoms with Gasteiger partial charge in [-0.1, -0.05) is 11.6 Å². The smallest absolute Gasteiger partial charge is 0.273 e. The first kappa shape index (κ1) is 15.4. The molecule has 0 aliphatic heterocycles. The van der Waals surface area contributed by atoms with E-state index in [1.54, 1.807) is 0 Å². The lowest BCUT2D eigenvalue weighted by Crippen LogP contribution is -2.33. The first-order valence-electron chi connectivity index (χ1n) is 5.83. The van der Waals surface area contributed by atoms with Gasteiger partial charge in [-0.15, -0.1) is 0 Å². The summed E-state index contributed by atoms with van der Waals surface area (Å²) in [5.74, 6) is -0.484.